The molecule has 0 saturated heterocycles. The fraction of sp³-hybridized carbons (Fsp3) is 0.417. The highest BCUT2D eigenvalue weighted by Gasteiger charge is 2.37. The lowest BCUT2D eigenvalue weighted by atomic mass is 9.92. The van der Waals surface area contributed by atoms with Gasteiger partial charge in [-0.3, -0.25) is 9.59 Å². The normalized spacial score (nSPS) is 15.4. The lowest BCUT2D eigenvalue weighted by Gasteiger charge is -2.28. The molecule has 5 nitrogen and oxygen atoms in total. The fourth-order valence-electron chi connectivity index (χ4n) is 3.37. The Kier molecular flexibility index (Phi) is 6.76. The number of nitrogens with one attached hydrogen (secondary N) is 1. The summed E-state index contributed by atoms with van der Waals surface area (Å²) in [5.41, 5.74) is 1.42. The topological polar surface area (TPSA) is 58.6 Å². The molecule has 1 aliphatic heterocycles. The van der Waals surface area contributed by atoms with Gasteiger partial charge in [0.1, 0.15) is 12.4 Å². The van der Waals surface area contributed by atoms with Crippen molar-refractivity contribution in [2.75, 3.05) is 29.6 Å². The van der Waals surface area contributed by atoms with Crippen molar-refractivity contribution in [2.45, 2.75) is 39.0 Å². The highest BCUT2D eigenvalue weighted by molar-refractivity contribution is 7.98. The van der Waals surface area contributed by atoms with Crippen molar-refractivity contribution in [2.24, 2.45) is 11.3 Å². The summed E-state index contributed by atoms with van der Waals surface area (Å²) in [7, 11) is 0. The molecule has 0 radical (unpaired) electrons. The molecule has 2 aromatic carbocycles. The fourth-order valence-corrected chi connectivity index (χ4v) is 3.96. The molecule has 0 spiro atoms. The largest absolute Gasteiger partial charge is 0.490 e. The number of fused-ring (bicyclic) bond motifs is 1. The molecule has 2 aromatic rings. The number of carbonyl (C=O) groups excluding carboxylic acids is 2. The van der Waals surface area contributed by atoms with E-state index in [1.807, 2.05) is 67.5 Å². The van der Waals surface area contributed by atoms with E-state index in [0.29, 0.717) is 36.1 Å². The summed E-state index contributed by atoms with van der Waals surface area (Å²) >= 11 is 1.54. The second kappa shape index (κ2) is 9.13. The molecule has 0 fully saturated rings. The molecule has 0 aromatic heterocycles. The highest BCUT2D eigenvalue weighted by Crippen LogP contribution is 2.38. The summed E-state index contributed by atoms with van der Waals surface area (Å²) in [6, 6.07) is 13.0. The van der Waals surface area contributed by atoms with Crippen LogP contribution < -0.4 is 15.0 Å². The van der Waals surface area contributed by atoms with Crippen molar-refractivity contribution in [3.05, 3.63) is 48.0 Å². The van der Waals surface area contributed by atoms with E-state index in [9.17, 15) is 9.59 Å². The van der Waals surface area contributed by atoms with E-state index < -0.39 is 5.41 Å². The summed E-state index contributed by atoms with van der Waals surface area (Å²) in [5, 5.41) is 2.96. The van der Waals surface area contributed by atoms with Gasteiger partial charge >= 0.3 is 0 Å². The van der Waals surface area contributed by atoms with Gasteiger partial charge in [-0.05, 0) is 56.7 Å². The molecule has 1 aliphatic rings. The van der Waals surface area contributed by atoms with Crippen molar-refractivity contribution in [1.82, 2.24) is 0 Å². The lowest BCUT2D eigenvalue weighted by Crippen LogP contribution is -2.42. The predicted octanol–water partition coefficient (Wildman–Crippen LogP) is 5.46. The van der Waals surface area contributed by atoms with Gasteiger partial charge in [0.15, 0.2) is 0 Å². The van der Waals surface area contributed by atoms with Crippen LogP contribution in [-0.4, -0.2) is 31.2 Å². The molecule has 0 atom stereocenters. The Morgan fingerprint density at radius 1 is 1.23 bits per heavy atom. The molecule has 6 heteroatoms. The van der Waals surface area contributed by atoms with Gasteiger partial charge in [-0.1, -0.05) is 26.0 Å². The van der Waals surface area contributed by atoms with Gasteiger partial charge in [0.25, 0.3) is 5.91 Å². The summed E-state index contributed by atoms with van der Waals surface area (Å²) < 4.78 is 6.03. The van der Waals surface area contributed by atoms with Gasteiger partial charge in [0.05, 0.1) is 16.7 Å². The molecule has 0 bridgehead atoms. The Balaban J connectivity index is 1.89. The minimum Gasteiger partial charge on any atom is -0.490 e. The molecular formula is C24H30N2O3S. The van der Waals surface area contributed by atoms with Gasteiger partial charge in [0.2, 0.25) is 5.91 Å². The number of amides is 2. The lowest BCUT2D eigenvalue weighted by molar-refractivity contribution is -0.127. The first-order chi connectivity index (χ1) is 14.2. The number of rotatable bonds is 6. The summed E-state index contributed by atoms with van der Waals surface area (Å²) in [4.78, 5) is 28.7. The smallest absolute Gasteiger partial charge is 0.256 e. The van der Waals surface area contributed by atoms with Crippen LogP contribution in [0.4, 0.5) is 11.4 Å². The molecule has 0 saturated carbocycles. The number of hydrogen-bond donors (Lipinski definition) is 1. The van der Waals surface area contributed by atoms with Crippen LogP contribution in [0.15, 0.2) is 47.4 Å². The van der Waals surface area contributed by atoms with Crippen LogP contribution in [0.3, 0.4) is 0 Å². The average Bonchev–Trinajstić information content (AvgIpc) is 2.81. The molecule has 0 aliphatic carbocycles. The van der Waals surface area contributed by atoms with Crippen LogP contribution in [0.1, 0.15) is 44.5 Å². The van der Waals surface area contributed by atoms with Gasteiger partial charge in [-0.2, -0.15) is 0 Å². The summed E-state index contributed by atoms with van der Waals surface area (Å²) in [5.74, 6) is 1.01. The van der Waals surface area contributed by atoms with Crippen molar-refractivity contribution in [3.63, 3.8) is 0 Å². The quantitative estimate of drug-likeness (QED) is 0.623. The SMILES string of the molecule is CSc1ccccc1C(=O)Nc1ccc2c(c1)OCC(C)(C)C(=O)N2CCC(C)C. The zero-order chi connectivity index (χ0) is 21.9. The van der Waals surface area contributed by atoms with E-state index in [1.165, 1.54) is 11.8 Å². The van der Waals surface area contributed by atoms with E-state index >= 15 is 0 Å². The van der Waals surface area contributed by atoms with E-state index in [4.69, 9.17) is 4.74 Å². The van der Waals surface area contributed by atoms with Crippen molar-refractivity contribution in [1.29, 1.82) is 0 Å². The van der Waals surface area contributed by atoms with E-state index in [2.05, 4.69) is 19.2 Å². The van der Waals surface area contributed by atoms with Gasteiger partial charge in [0, 0.05) is 23.2 Å². The Morgan fingerprint density at radius 3 is 2.67 bits per heavy atom. The Morgan fingerprint density at radius 2 is 1.97 bits per heavy atom. The maximum atomic E-state index is 13.1. The van der Waals surface area contributed by atoms with Crippen LogP contribution in [0.2, 0.25) is 0 Å². The Hall–Kier alpha value is -2.47. The van der Waals surface area contributed by atoms with Crippen LogP contribution >= 0.6 is 11.8 Å². The first-order valence-corrected chi connectivity index (χ1v) is 11.5. The summed E-state index contributed by atoms with van der Waals surface area (Å²) in [6.07, 6.45) is 2.86. The van der Waals surface area contributed by atoms with Crippen molar-refractivity contribution in [3.8, 4) is 5.75 Å². The van der Waals surface area contributed by atoms with E-state index in [-0.39, 0.29) is 11.8 Å². The second-order valence-electron chi connectivity index (χ2n) is 8.65. The zero-order valence-electron chi connectivity index (χ0n) is 18.3. The predicted molar refractivity (Wildman–Crippen MR) is 124 cm³/mol. The Labute approximate surface area is 183 Å². The average molecular weight is 427 g/mol. The van der Waals surface area contributed by atoms with Crippen molar-refractivity contribution < 1.29 is 14.3 Å². The minimum absolute atomic E-state index is 0.0626. The maximum absolute atomic E-state index is 13.1. The number of carbonyl (C=O) groups is 2. The van der Waals surface area contributed by atoms with E-state index in [0.717, 1.165) is 17.0 Å². The third-order valence-electron chi connectivity index (χ3n) is 5.20. The molecular weight excluding hydrogens is 396 g/mol. The maximum Gasteiger partial charge on any atom is 0.256 e. The molecule has 1 heterocycles. The van der Waals surface area contributed by atoms with Crippen LogP contribution in [0, 0.1) is 11.3 Å². The first-order valence-electron chi connectivity index (χ1n) is 10.3. The molecule has 160 valence electrons. The van der Waals surface area contributed by atoms with Gasteiger partial charge < -0.3 is 15.0 Å². The van der Waals surface area contributed by atoms with Gasteiger partial charge in [-0.15, -0.1) is 11.8 Å². The minimum atomic E-state index is -0.614. The first kappa shape index (κ1) is 22.2. The number of nitrogens with zero attached hydrogens (tertiary/aromatic N) is 1. The monoisotopic (exact) mass is 426 g/mol. The number of hydrogen-bond acceptors (Lipinski definition) is 4. The summed E-state index contributed by atoms with van der Waals surface area (Å²) in [6.45, 7) is 9.05. The standard InChI is InChI=1S/C24H30N2O3S/c1-16(2)12-13-26-19-11-10-17(14-20(19)29-15-24(3,4)23(26)28)25-22(27)18-8-6-7-9-21(18)30-5/h6-11,14,16H,12-13,15H2,1-5H3,(H,25,27). The zero-order valence-corrected chi connectivity index (χ0v) is 19.1. The number of thioether (sulfide) groups is 1. The third-order valence-corrected chi connectivity index (χ3v) is 6.00. The molecule has 2 amide bonds. The molecule has 0 unspecified atom stereocenters. The Bertz CT molecular complexity index is 940. The van der Waals surface area contributed by atoms with Gasteiger partial charge in [-0.25, -0.2) is 0 Å². The highest BCUT2D eigenvalue weighted by atomic mass is 32.2. The number of ether oxygens (including phenoxy) is 1. The number of benzene rings is 2. The van der Waals surface area contributed by atoms with E-state index in [1.54, 1.807) is 0 Å². The molecule has 1 N–H and O–H groups in total. The molecule has 30 heavy (non-hydrogen) atoms. The van der Waals surface area contributed by atoms with Crippen LogP contribution in [0.25, 0.3) is 0 Å². The third kappa shape index (κ3) is 4.81. The van der Waals surface area contributed by atoms with Crippen LogP contribution in [0.5, 0.6) is 5.75 Å². The number of anilines is 2. The van der Waals surface area contributed by atoms with Crippen molar-refractivity contribution >= 4 is 35.0 Å². The van der Waals surface area contributed by atoms with Crippen LogP contribution in [-0.2, 0) is 4.79 Å². The molecule has 3 rings (SSSR count). The second-order valence-corrected chi connectivity index (χ2v) is 9.50.